The molecule has 17 heavy (non-hydrogen) atoms. The highest BCUT2D eigenvalue weighted by molar-refractivity contribution is 6.35. The molecule has 0 aliphatic heterocycles. The molecular weight excluding hydrogens is 259 g/mol. The Bertz CT molecular complexity index is 454. The van der Waals surface area contributed by atoms with Crippen molar-refractivity contribution in [3.8, 4) is 6.07 Å². The smallest absolute Gasteiger partial charge is 0.256 e. The van der Waals surface area contributed by atoms with E-state index in [1.165, 1.54) is 11.0 Å². The van der Waals surface area contributed by atoms with E-state index in [0.717, 1.165) is 6.42 Å². The Hall–Kier alpha value is -1.24. The molecule has 0 atom stereocenters. The standard InChI is InChI=1S/C12H12Cl2N2O/c1-2-6-16(7-5-15)12(17)10-8-9(13)3-4-11(10)14/h3-4,8H,2,6-7H2,1H3. The molecule has 0 saturated heterocycles. The van der Waals surface area contributed by atoms with Crippen LogP contribution >= 0.6 is 23.2 Å². The van der Waals surface area contributed by atoms with Gasteiger partial charge in [0.1, 0.15) is 6.54 Å². The Morgan fingerprint density at radius 2 is 2.18 bits per heavy atom. The molecule has 0 fully saturated rings. The van der Waals surface area contributed by atoms with Crippen LogP contribution in [0.2, 0.25) is 10.0 Å². The molecule has 0 bridgehead atoms. The van der Waals surface area contributed by atoms with Crippen LogP contribution in [0.1, 0.15) is 23.7 Å². The minimum absolute atomic E-state index is 0.0511. The quantitative estimate of drug-likeness (QED) is 0.788. The first-order valence-electron chi connectivity index (χ1n) is 5.21. The largest absolute Gasteiger partial charge is 0.325 e. The van der Waals surface area contributed by atoms with Crippen LogP contribution in [0.4, 0.5) is 0 Å². The second-order valence-electron chi connectivity index (χ2n) is 3.51. The number of halogens is 2. The lowest BCUT2D eigenvalue weighted by Gasteiger charge is -2.19. The van der Waals surface area contributed by atoms with Crippen LogP contribution in [0.3, 0.4) is 0 Å². The number of hydrogen-bond acceptors (Lipinski definition) is 2. The summed E-state index contributed by atoms with van der Waals surface area (Å²) in [5, 5.41) is 9.48. The van der Waals surface area contributed by atoms with Crippen molar-refractivity contribution < 1.29 is 4.79 Å². The molecule has 3 nitrogen and oxygen atoms in total. The van der Waals surface area contributed by atoms with Crippen LogP contribution in [0, 0.1) is 11.3 Å². The molecule has 0 radical (unpaired) electrons. The lowest BCUT2D eigenvalue weighted by molar-refractivity contribution is 0.0776. The second-order valence-corrected chi connectivity index (χ2v) is 4.35. The average molecular weight is 271 g/mol. The Balaban J connectivity index is 3.00. The monoisotopic (exact) mass is 270 g/mol. The number of amides is 1. The van der Waals surface area contributed by atoms with Crippen molar-refractivity contribution in [2.24, 2.45) is 0 Å². The van der Waals surface area contributed by atoms with E-state index in [2.05, 4.69) is 0 Å². The molecule has 1 rings (SSSR count). The molecule has 0 spiro atoms. The Morgan fingerprint density at radius 3 is 2.76 bits per heavy atom. The van der Waals surface area contributed by atoms with Crippen molar-refractivity contribution in [3.63, 3.8) is 0 Å². The molecule has 90 valence electrons. The number of hydrogen-bond donors (Lipinski definition) is 0. The maximum absolute atomic E-state index is 12.1. The zero-order valence-electron chi connectivity index (χ0n) is 9.41. The minimum Gasteiger partial charge on any atom is -0.325 e. The Kier molecular flexibility index (Phi) is 5.27. The van der Waals surface area contributed by atoms with E-state index in [-0.39, 0.29) is 12.5 Å². The van der Waals surface area contributed by atoms with Gasteiger partial charge in [-0.1, -0.05) is 30.1 Å². The molecule has 5 heteroatoms. The molecule has 0 N–H and O–H groups in total. The predicted molar refractivity (Wildman–Crippen MR) is 68.3 cm³/mol. The summed E-state index contributed by atoms with van der Waals surface area (Å²) in [6, 6.07) is 6.68. The van der Waals surface area contributed by atoms with Gasteiger partial charge in [-0.3, -0.25) is 4.79 Å². The lowest BCUT2D eigenvalue weighted by atomic mass is 10.2. The van der Waals surface area contributed by atoms with Crippen LogP contribution in [0.25, 0.3) is 0 Å². The topological polar surface area (TPSA) is 44.1 Å². The van der Waals surface area contributed by atoms with Crippen molar-refractivity contribution >= 4 is 29.1 Å². The molecule has 0 aliphatic rings. The second kappa shape index (κ2) is 6.48. The highest BCUT2D eigenvalue weighted by atomic mass is 35.5. The summed E-state index contributed by atoms with van der Waals surface area (Å²) in [6.07, 6.45) is 0.783. The SMILES string of the molecule is CCCN(CC#N)C(=O)c1cc(Cl)ccc1Cl. The molecular formula is C12H12Cl2N2O. The molecule has 0 aromatic heterocycles. The van der Waals surface area contributed by atoms with Crippen LogP contribution in [-0.4, -0.2) is 23.9 Å². The van der Waals surface area contributed by atoms with Crippen LogP contribution in [-0.2, 0) is 0 Å². The van der Waals surface area contributed by atoms with Crippen LogP contribution in [0.5, 0.6) is 0 Å². The summed E-state index contributed by atoms with van der Waals surface area (Å²) in [4.78, 5) is 13.6. The van der Waals surface area contributed by atoms with Gasteiger partial charge in [0.15, 0.2) is 0 Å². The third kappa shape index (κ3) is 3.62. The first-order chi connectivity index (χ1) is 8.10. The summed E-state index contributed by atoms with van der Waals surface area (Å²) < 4.78 is 0. The highest BCUT2D eigenvalue weighted by Gasteiger charge is 2.17. The van der Waals surface area contributed by atoms with Gasteiger partial charge in [0.25, 0.3) is 5.91 Å². The van der Waals surface area contributed by atoms with Gasteiger partial charge in [-0.05, 0) is 24.6 Å². The Morgan fingerprint density at radius 1 is 1.47 bits per heavy atom. The predicted octanol–water partition coefficient (Wildman–Crippen LogP) is 3.37. The normalized spacial score (nSPS) is 9.76. The molecule has 1 aromatic rings. The third-order valence-electron chi connectivity index (χ3n) is 2.20. The van der Waals surface area contributed by atoms with E-state index < -0.39 is 0 Å². The number of benzene rings is 1. The number of nitrogens with zero attached hydrogens (tertiary/aromatic N) is 2. The van der Waals surface area contributed by atoms with Gasteiger partial charge < -0.3 is 4.90 Å². The zero-order valence-corrected chi connectivity index (χ0v) is 10.9. The highest BCUT2D eigenvalue weighted by Crippen LogP contribution is 2.22. The van der Waals surface area contributed by atoms with Crippen molar-refractivity contribution in [2.75, 3.05) is 13.1 Å². The lowest BCUT2D eigenvalue weighted by Crippen LogP contribution is -2.32. The maximum Gasteiger partial charge on any atom is 0.256 e. The van der Waals surface area contributed by atoms with Crippen LogP contribution < -0.4 is 0 Å². The fourth-order valence-corrected chi connectivity index (χ4v) is 1.81. The molecule has 0 heterocycles. The van der Waals surface area contributed by atoms with E-state index >= 15 is 0 Å². The summed E-state index contributed by atoms with van der Waals surface area (Å²) in [5.74, 6) is -0.263. The van der Waals surface area contributed by atoms with Gasteiger partial charge >= 0.3 is 0 Å². The van der Waals surface area contributed by atoms with E-state index in [4.69, 9.17) is 28.5 Å². The number of rotatable bonds is 4. The summed E-state index contributed by atoms with van der Waals surface area (Å²) in [7, 11) is 0. The fourth-order valence-electron chi connectivity index (χ4n) is 1.44. The van der Waals surface area contributed by atoms with Crippen molar-refractivity contribution in [2.45, 2.75) is 13.3 Å². The van der Waals surface area contributed by atoms with Gasteiger partial charge in [-0.2, -0.15) is 5.26 Å². The first-order valence-corrected chi connectivity index (χ1v) is 5.97. The molecule has 0 unspecified atom stereocenters. The minimum atomic E-state index is -0.263. The summed E-state index contributed by atoms with van der Waals surface area (Å²) in [5.41, 5.74) is 0.336. The Labute approximate surface area is 111 Å². The molecule has 1 amide bonds. The van der Waals surface area contributed by atoms with Gasteiger partial charge in [-0.25, -0.2) is 0 Å². The molecule has 0 saturated carbocycles. The van der Waals surface area contributed by atoms with E-state index in [0.29, 0.717) is 22.2 Å². The third-order valence-corrected chi connectivity index (χ3v) is 2.77. The van der Waals surface area contributed by atoms with E-state index in [1.807, 2.05) is 13.0 Å². The fraction of sp³-hybridized carbons (Fsp3) is 0.333. The van der Waals surface area contributed by atoms with E-state index in [1.54, 1.807) is 12.1 Å². The molecule has 0 aliphatic carbocycles. The average Bonchev–Trinajstić information content (AvgIpc) is 2.31. The number of carbonyl (C=O) groups is 1. The van der Waals surface area contributed by atoms with Crippen molar-refractivity contribution in [3.05, 3.63) is 33.8 Å². The van der Waals surface area contributed by atoms with Crippen molar-refractivity contribution in [1.29, 1.82) is 5.26 Å². The van der Waals surface area contributed by atoms with Crippen molar-refractivity contribution in [1.82, 2.24) is 4.90 Å². The summed E-state index contributed by atoms with van der Waals surface area (Å²) >= 11 is 11.8. The van der Waals surface area contributed by atoms with Crippen LogP contribution in [0.15, 0.2) is 18.2 Å². The van der Waals surface area contributed by atoms with Gasteiger partial charge in [0.05, 0.1) is 16.7 Å². The first kappa shape index (κ1) is 13.8. The molecule has 1 aromatic carbocycles. The maximum atomic E-state index is 12.1. The number of nitriles is 1. The summed E-state index contributed by atoms with van der Waals surface area (Å²) in [6.45, 7) is 2.52. The van der Waals surface area contributed by atoms with E-state index in [9.17, 15) is 4.79 Å². The number of carbonyl (C=O) groups excluding carboxylic acids is 1. The van der Waals surface area contributed by atoms with Gasteiger partial charge in [0.2, 0.25) is 0 Å². The van der Waals surface area contributed by atoms with Gasteiger partial charge in [-0.15, -0.1) is 0 Å². The van der Waals surface area contributed by atoms with Gasteiger partial charge in [0, 0.05) is 11.6 Å². The zero-order chi connectivity index (χ0) is 12.8.